The van der Waals surface area contributed by atoms with E-state index in [9.17, 15) is 19.2 Å². The number of carbonyl (C=O) groups excluding carboxylic acids is 4. The summed E-state index contributed by atoms with van der Waals surface area (Å²) < 4.78 is 18.4. The summed E-state index contributed by atoms with van der Waals surface area (Å²) >= 11 is 0. The lowest BCUT2D eigenvalue weighted by Gasteiger charge is -2.33. The highest BCUT2D eigenvalue weighted by Crippen LogP contribution is 2.25. The molecule has 0 saturated carbocycles. The number of nitrogens with one attached hydrogen (secondary N) is 2. The highest BCUT2D eigenvalue weighted by Gasteiger charge is 2.39. The van der Waals surface area contributed by atoms with Crippen molar-refractivity contribution >= 4 is 52.1 Å². The maximum absolute atomic E-state index is 10.0. The minimum absolute atomic E-state index is 0.329. The monoisotopic (exact) mass is 542 g/mol. The number of benzene rings is 2. The molecule has 0 aliphatic carbocycles. The average Bonchev–Trinajstić information content (AvgIpc) is 3.32. The molecule has 0 radical (unpaired) electrons. The zero-order valence-corrected chi connectivity index (χ0v) is 22.9. The van der Waals surface area contributed by atoms with Gasteiger partial charge in [0.05, 0.1) is 0 Å². The van der Waals surface area contributed by atoms with Gasteiger partial charge in [-0.25, -0.2) is 0 Å². The number of hydrogen-bond donors (Lipinski definition) is 4. The van der Waals surface area contributed by atoms with Gasteiger partial charge >= 0.3 is 17.1 Å². The van der Waals surface area contributed by atoms with E-state index in [0.29, 0.717) is 11.4 Å². The summed E-state index contributed by atoms with van der Waals surface area (Å²) in [5, 5.41) is 4.06. The largest absolute Gasteiger partial charge is 0.521 e. The zero-order chi connectivity index (χ0) is 27.6. The van der Waals surface area contributed by atoms with Gasteiger partial charge in [-0.2, -0.15) is 0 Å². The summed E-state index contributed by atoms with van der Waals surface area (Å²) in [6.07, 6.45) is 4.79. The van der Waals surface area contributed by atoms with Gasteiger partial charge in [0.25, 0.3) is 23.6 Å². The summed E-state index contributed by atoms with van der Waals surface area (Å²) in [5.74, 6) is 0.121. The summed E-state index contributed by atoms with van der Waals surface area (Å²) in [5.41, 5.74) is 12.9. The maximum Gasteiger partial charge on any atom is 0.384 e. The summed E-state index contributed by atoms with van der Waals surface area (Å²) in [4.78, 5) is 40.1. The summed E-state index contributed by atoms with van der Waals surface area (Å²) in [7, 11) is -4.84. The van der Waals surface area contributed by atoms with Gasteiger partial charge in [-0.15, -0.1) is 0 Å². The molecule has 0 unspecified atom stereocenters. The molecular formula is C24H30N4O7Si2. The minimum Gasteiger partial charge on any atom is -0.521 e. The van der Waals surface area contributed by atoms with E-state index in [0.717, 1.165) is 11.5 Å². The first kappa shape index (κ1) is 29.0. The van der Waals surface area contributed by atoms with Crippen molar-refractivity contribution in [2.24, 2.45) is 0 Å². The molecule has 11 nitrogen and oxygen atoms in total. The van der Waals surface area contributed by atoms with Crippen molar-refractivity contribution in [3.63, 3.8) is 0 Å². The minimum atomic E-state index is -2.42. The molecular weight excluding hydrogens is 512 g/mol. The molecule has 4 amide bonds. The van der Waals surface area contributed by atoms with Gasteiger partial charge in [0.1, 0.15) is 11.5 Å². The van der Waals surface area contributed by atoms with Crippen LogP contribution in [0.2, 0.25) is 26.2 Å². The molecule has 0 spiro atoms. The Kier molecular flexibility index (Phi) is 9.93. The Morgan fingerprint density at radius 1 is 0.595 bits per heavy atom. The third-order valence-corrected chi connectivity index (χ3v) is 9.59. The SMILES string of the molecule is C[Si](C)(Oc1cccc(N)c1)O[Si](C)(C)Oc1cccc(N)c1.O=C1C=CC(=O)N1.O=C1C=CC(=O)N1. The second-order valence-electron chi connectivity index (χ2n) is 8.62. The van der Waals surface area contributed by atoms with Crippen molar-refractivity contribution in [2.45, 2.75) is 26.2 Å². The topological polar surface area (TPSA) is 172 Å². The number of carbonyl (C=O) groups is 4. The predicted octanol–water partition coefficient (Wildman–Crippen LogP) is 2.13. The third kappa shape index (κ3) is 11.4. The van der Waals surface area contributed by atoms with Crippen molar-refractivity contribution in [1.29, 1.82) is 0 Å². The van der Waals surface area contributed by atoms with Crippen LogP contribution in [0.15, 0.2) is 72.8 Å². The van der Waals surface area contributed by atoms with E-state index in [1.165, 1.54) is 24.3 Å². The molecule has 4 rings (SSSR count). The molecule has 0 fully saturated rings. The average molecular weight is 543 g/mol. The zero-order valence-electron chi connectivity index (χ0n) is 20.9. The van der Waals surface area contributed by atoms with Crippen LogP contribution in [0.25, 0.3) is 0 Å². The number of imide groups is 2. The fraction of sp³-hybridized carbons (Fsp3) is 0.167. The highest BCUT2D eigenvalue weighted by molar-refractivity contribution is 6.79. The van der Waals surface area contributed by atoms with Crippen LogP contribution in [0.4, 0.5) is 11.4 Å². The van der Waals surface area contributed by atoms with Crippen molar-refractivity contribution in [1.82, 2.24) is 10.6 Å². The lowest BCUT2D eigenvalue weighted by molar-refractivity contribution is -0.125. The predicted molar refractivity (Wildman–Crippen MR) is 144 cm³/mol. The second kappa shape index (κ2) is 12.7. The van der Waals surface area contributed by atoms with Gasteiger partial charge in [-0.1, -0.05) is 12.1 Å². The number of anilines is 2. The molecule has 0 aromatic heterocycles. The van der Waals surface area contributed by atoms with Crippen molar-refractivity contribution in [3.8, 4) is 11.5 Å². The van der Waals surface area contributed by atoms with E-state index in [1.807, 2.05) is 73.2 Å². The van der Waals surface area contributed by atoms with Crippen LogP contribution in [0.5, 0.6) is 11.5 Å². The van der Waals surface area contributed by atoms with Crippen molar-refractivity contribution < 1.29 is 32.1 Å². The summed E-state index contributed by atoms with van der Waals surface area (Å²) in [6, 6.07) is 14.7. The Hall–Kier alpha value is -4.21. The first-order chi connectivity index (χ1) is 17.2. The van der Waals surface area contributed by atoms with Crippen LogP contribution < -0.4 is 31.0 Å². The van der Waals surface area contributed by atoms with E-state index >= 15 is 0 Å². The normalized spacial score (nSPS) is 14.2. The lowest BCUT2D eigenvalue weighted by atomic mass is 10.3. The molecule has 0 atom stereocenters. The molecule has 37 heavy (non-hydrogen) atoms. The van der Waals surface area contributed by atoms with E-state index < -0.39 is 17.1 Å². The second-order valence-corrected chi connectivity index (χ2v) is 15.4. The van der Waals surface area contributed by atoms with Crippen molar-refractivity contribution in [3.05, 3.63) is 72.8 Å². The number of hydrogen-bond acceptors (Lipinski definition) is 9. The fourth-order valence-corrected chi connectivity index (χ4v) is 9.53. The van der Waals surface area contributed by atoms with E-state index in [-0.39, 0.29) is 23.6 Å². The number of rotatable bonds is 6. The van der Waals surface area contributed by atoms with E-state index in [4.69, 9.17) is 24.4 Å². The molecule has 6 N–H and O–H groups in total. The van der Waals surface area contributed by atoms with Gasteiger partial charge in [0, 0.05) is 47.8 Å². The molecule has 13 heteroatoms. The molecule has 2 aliphatic rings. The molecule has 2 aromatic carbocycles. The maximum atomic E-state index is 10.0. The molecule has 2 heterocycles. The van der Waals surface area contributed by atoms with Crippen LogP contribution >= 0.6 is 0 Å². The Morgan fingerprint density at radius 3 is 1.16 bits per heavy atom. The van der Waals surface area contributed by atoms with Crippen LogP contribution in [0, 0.1) is 0 Å². The molecule has 0 bridgehead atoms. The Balaban J connectivity index is 0.000000276. The van der Waals surface area contributed by atoms with Gasteiger partial charge in [-0.3, -0.25) is 29.8 Å². The Labute approximate surface area is 217 Å². The van der Waals surface area contributed by atoms with E-state index in [2.05, 4.69) is 0 Å². The Bertz CT molecular complexity index is 1100. The standard InChI is InChI=1S/C16H24N2O3Si2.2C4H3NO2/c1-22(2,19-15-9-5-7-13(17)11-15)21-23(3,4)20-16-10-6-8-14(18)12-16;2*6-3-1-2-4(7)5-3/h5-12H,17-18H2,1-4H3;2*1-2H,(H,5,6,7). The van der Waals surface area contributed by atoms with Gasteiger partial charge in [-0.05, 0) is 50.5 Å². The van der Waals surface area contributed by atoms with Crippen LogP contribution in [0.1, 0.15) is 0 Å². The first-order valence-electron chi connectivity index (χ1n) is 11.1. The van der Waals surface area contributed by atoms with Crippen LogP contribution in [0.3, 0.4) is 0 Å². The van der Waals surface area contributed by atoms with E-state index in [1.54, 1.807) is 12.1 Å². The quantitative estimate of drug-likeness (QED) is 0.242. The Morgan fingerprint density at radius 2 is 0.919 bits per heavy atom. The van der Waals surface area contributed by atoms with Gasteiger partial charge in [0.15, 0.2) is 0 Å². The number of nitrogens with two attached hydrogens (primary N) is 2. The van der Waals surface area contributed by atoms with Gasteiger partial charge < -0.3 is 24.4 Å². The van der Waals surface area contributed by atoms with Crippen LogP contribution in [-0.4, -0.2) is 40.8 Å². The molecule has 0 saturated heterocycles. The fourth-order valence-electron chi connectivity index (χ4n) is 3.07. The number of amides is 4. The molecule has 2 aromatic rings. The van der Waals surface area contributed by atoms with Crippen LogP contribution in [-0.2, 0) is 23.3 Å². The molecule has 196 valence electrons. The first-order valence-corrected chi connectivity index (χ1v) is 16.7. The lowest BCUT2D eigenvalue weighted by Crippen LogP contribution is -2.52. The summed E-state index contributed by atoms with van der Waals surface area (Å²) in [6.45, 7) is 7.97. The van der Waals surface area contributed by atoms with Crippen molar-refractivity contribution in [2.75, 3.05) is 11.5 Å². The number of nitrogen functional groups attached to an aromatic ring is 2. The highest BCUT2D eigenvalue weighted by atomic mass is 28.5. The van der Waals surface area contributed by atoms with Gasteiger partial charge in [0.2, 0.25) is 0 Å². The third-order valence-electron chi connectivity index (χ3n) is 4.20. The smallest absolute Gasteiger partial charge is 0.384 e. The molecule has 2 aliphatic heterocycles.